The number of halogens is 4. The molecule has 1 aliphatic rings. The highest BCUT2D eigenvalue weighted by Gasteiger charge is 2.53. The summed E-state index contributed by atoms with van der Waals surface area (Å²) in [5.74, 6) is -6.43. The number of benzene rings is 2. The van der Waals surface area contributed by atoms with Crippen LogP contribution in [0, 0.1) is 23.5 Å². The van der Waals surface area contributed by atoms with Gasteiger partial charge in [-0.2, -0.15) is 0 Å². The third-order valence-corrected chi connectivity index (χ3v) is 5.43. The van der Waals surface area contributed by atoms with Crippen LogP contribution in [0.25, 0.3) is 11.1 Å². The molecule has 0 N–H and O–H groups in total. The van der Waals surface area contributed by atoms with Gasteiger partial charge in [-0.3, -0.25) is 4.79 Å². The molecule has 1 fully saturated rings. The molecular weight excluding hydrogens is 370 g/mol. The molecule has 1 amide bonds. The summed E-state index contributed by atoms with van der Waals surface area (Å²) < 4.78 is 55.4. The van der Waals surface area contributed by atoms with Crippen molar-refractivity contribution in [1.29, 1.82) is 0 Å². The molecule has 3 rings (SSSR count). The number of alkyl halides is 2. The molecule has 0 aromatic heterocycles. The summed E-state index contributed by atoms with van der Waals surface area (Å²) in [6.07, 6.45) is 0.271. The predicted octanol–water partition coefficient (Wildman–Crippen LogP) is 5.31. The lowest BCUT2D eigenvalue weighted by Crippen LogP contribution is -2.41. The van der Waals surface area contributed by atoms with E-state index in [0.29, 0.717) is 11.1 Å². The summed E-state index contributed by atoms with van der Waals surface area (Å²) in [6, 6.07) is 10.1. The summed E-state index contributed by atoms with van der Waals surface area (Å²) >= 11 is 0. The zero-order chi connectivity index (χ0) is 20.6. The molecule has 0 spiro atoms. The van der Waals surface area contributed by atoms with Crippen molar-refractivity contribution in [3.8, 4) is 11.1 Å². The Morgan fingerprint density at radius 1 is 1.11 bits per heavy atom. The van der Waals surface area contributed by atoms with E-state index in [9.17, 15) is 22.4 Å². The van der Waals surface area contributed by atoms with Crippen LogP contribution >= 0.6 is 0 Å². The highest BCUT2D eigenvalue weighted by atomic mass is 19.3. The lowest BCUT2D eigenvalue weighted by atomic mass is 9.92. The third kappa shape index (κ3) is 3.91. The van der Waals surface area contributed by atoms with E-state index < -0.39 is 36.1 Å². The van der Waals surface area contributed by atoms with E-state index in [2.05, 4.69) is 0 Å². The van der Waals surface area contributed by atoms with Gasteiger partial charge in [-0.25, -0.2) is 17.6 Å². The number of hydrogen-bond donors (Lipinski definition) is 0. The second kappa shape index (κ2) is 7.57. The van der Waals surface area contributed by atoms with Crippen molar-refractivity contribution < 1.29 is 22.4 Å². The molecule has 2 aromatic rings. The van der Waals surface area contributed by atoms with Crippen LogP contribution in [0.15, 0.2) is 42.5 Å². The minimum atomic E-state index is -2.94. The average Bonchev–Trinajstić information content (AvgIpc) is 2.87. The van der Waals surface area contributed by atoms with Crippen molar-refractivity contribution in [3.63, 3.8) is 0 Å². The second-order valence-electron chi connectivity index (χ2n) is 7.77. The van der Waals surface area contributed by atoms with E-state index in [0.717, 1.165) is 17.7 Å². The summed E-state index contributed by atoms with van der Waals surface area (Å²) in [5, 5.41) is 0. The fraction of sp³-hybridized carbons (Fsp3) is 0.409. The third-order valence-electron chi connectivity index (χ3n) is 5.43. The first-order valence-corrected chi connectivity index (χ1v) is 9.33. The number of amides is 1. The van der Waals surface area contributed by atoms with E-state index >= 15 is 0 Å². The summed E-state index contributed by atoms with van der Waals surface area (Å²) in [4.78, 5) is 13.7. The van der Waals surface area contributed by atoms with Gasteiger partial charge in [0.15, 0.2) is 11.6 Å². The number of carbonyl (C=O) groups is 1. The molecule has 0 aliphatic carbocycles. The molecule has 150 valence electrons. The Balaban J connectivity index is 1.89. The first kappa shape index (κ1) is 20.4. The highest BCUT2D eigenvalue weighted by molar-refractivity contribution is 5.79. The smallest absolute Gasteiger partial charge is 0.269 e. The molecule has 1 heterocycles. The fourth-order valence-corrected chi connectivity index (χ4v) is 3.69. The van der Waals surface area contributed by atoms with Crippen LogP contribution in [-0.2, 0) is 11.2 Å². The normalized spacial score (nSPS) is 21.4. The van der Waals surface area contributed by atoms with Gasteiger partial charge in [-0.05, 0) is 35.2 Å². The highest BCUT2D eigenvalue weighted by Crippen LogP contribution is 2.40. The molecule has 0 saturated carbocycles. The Bertz CT molecular complexity index is 881. The molecule has 1 aliphatic heterocycles. The molecule has 2 nitrogen and oxygen atoms in total. The lowest BCUT2D eigenvalue weighted by molar-refractivity contribution is -0.136. The van der Waals surface area contributed by atoms with Crippen LogP contribution in [0.1, 0.15) is 26.3 Å². The Morgan fingerprint density at radius 3 is 2.43 bits per heavy atom. The van der Waals surface area contributed by atoms with Gasteiger partial charge < -0.3 is 4.90 Å². The van der Waals surface area contributed by atoms with Crippen LogP contribution in [-0.4, -0.2) is 29.3 Å². The van der Waals surface area contributed by atoms with Gasteiger partial charge in [-0.1, -0.05) is 51.1 Å². The quantitative estimate of drug-likeness (QED) is 0.645. The van der Waals surface area contributed by atoms with Crippen molar-refractivity contribution in [2.75, 3.05) is 6.54 Å². The first-order chi connectivity index (χ1) is 13.1. The van der Waals surface area contributed by atoms with Gasteiger partial charge in [0.2, 0.25) is 5.91 Å². The topological polar surface area (TPSA) is 20.3 Å². The van der Waals surface area contributed by atoms with E-state index in [1.54, 1.807) is 38.1 Å². The van der Waals surface area contributed by atoms with Crippen LogP contribution in [0.4, 0.5) is 17.6 Å². The van der Waals surface area contributed by atoms with Gasteiger partial charge in [0, 0.05) is 17.9 Å². The number of likely N-dealkylation sites (tertiary alicyclic amines) is 1. The zero-order valence-electron chi connectivity index (χ0n) is 16.1. The Kier molecular flexibility index (Phi) is 5.50. The average molecular weight is 393 g/mol. The van der Waals surface area contributed by atoms with Crippen LogP contribution in [0.3, 0.4) is 0 Å². The van der Waals surface area contributed by atoms with Crippen molar-refractivity contribution >= 4 is 5.91 Å². The van der Waals surface area contributed by atoms with Crippen molar-refractivity contribution in [1.82, 2.24) is 4.90 Å². The summed E-state index contributed by atoms with van der Waals surface area (Å²) in [6.45, 7) is 4.30. The largest absolute Gasteiger partial charge is 0.333 e. The molecule has 28 heavy (non-hydrogen) atoms. The van der Waals surface area contributed by atoms with Gasteiger partial charge in [0.1, 0.15) is 0 Å². The lowest BCUT2D eigenvalue weighted by Gasteiger charge is -2.28. The van der Waals surface area contributed by atoms with Crippen molar-refractivity contribution in [2.45, 2.75) is 39.2 Å². The van der Waals surface area contributed by atoms with E-state index in [1.165, 1.54) is 17.9 Å². The van der Waals surface area contributed by atoms with Crippen LogP contribution in [0.2, 0.25) is 0 Å². The summed E-state index contributed by atoms with van der Waals surface area (Å²) in [7, 11) is 0. The van der Waals surface area contributed by atoms with Crippen LogP contribution < -0.4 is 0 Å². The standard InChI is InChI=1S/C22H23F4NO/c1-13(2)21(28)27-12-22(25,26)14(3)20(27)10-15-5-4-6-16(9-15)17-7-8-18(23)19(24)11-17/h4-9,11,13-14,20H,10,12H2,1-3H3/t14-,20+/m1/s1. The molecule has 0 unspecified atom stereocenters. The maximum Gasteiger partial charge on any atom is 0.269 e. The molecule has 2 aromatic carbocycles. The van der Waals surface area contributed by atoms with Crippen molar-refractivity contribution in [3.05, 3.63) is 59.7 Å². The minimum absolute atomic E-state index is 0.271. The fourth-order valence-electron chi connectivity index (χ4n) is 3.69. The van der Waals surface area contributed by atoms with Gasteiger partial charge in [-0.15, -0.1) is 0 Å². The molecule has 2 atom stereocenters. The molecular formula is C22H23F4NO. The van der Waals surface area contributed by atoms with E-state index in [1.807, 2.05) is 0 Å². The maximum absolute atomic E-state index is 14.3. The SMILES string of the molecule is CC(C)C(=O)N1CC(F)(F)[C@H](C)[C@@H]1Cc1cccc(-c2ccc(F)c(F)c2)c1. The minimum Gasteiger partial charge on any atom is -0.333 e. The summed E-state index contributed by atoms with van der Waals surface area (Å²) in [5.41, 5.74) is 1.93. The predicted molar refractivity (Wildman–Crippen MR) is 99.9 cm³/mol. The second-order valence-corrected chi connectivity index (χ2v) is 7.77. The van der Waals surface area contributed by atoms with Crippen LogP contribution in [0.5, 0.6) is 0 Å². The van der Waals surface area contributed by atoms with Gasteiger partial charge in [0.25, 0.3) is 5.92 Å². The molecule has 1 saturated heterocycles. The molecule has 0 radical (unpaired) electrons. The Labute approximate surface area is 162 Å². The molecule has 0 bridgehead atoms. The zero-order valence-corrected chi connectivity index (χ0v) is 16.1. The Hall–Kier alpha value is -2.37. The number of hydrogen-bond acceptors (Lipinski definition) is 1. The number of rotatable bonds is 4. The number of carbonyl (C=O) groups excluding carboxylic acids is 1. The maximum atomic E-state index is 14.3. The van der Waals surface area contributed by atoms with E-state index in [4.69, 9.17) is 0 Å². The number of nitrogens with zero attached hydrogens (tertiary/aromatic N) is 1. The van der Waals surface area contributed by atoms with Gasteiger partial charge >= 0.3 is 0 Å². The first-order valence-electron chi connectivity index (χ1n) is 9.33. The van der Waals surface area contributed by atoms with Crippen molar-refractivity contribution in [2.24, 2.45) is 11.8 Å². The van der Waals surface area contributed by atoms with E-state index in [-0.39, 0.29) is 18.2 Å². The van der Waals surface area contributed by atoms with Gasteiger partial charge in [0.05, 0.1) is 6.54 Å². The molecule has 6 heteroatoms. The Morgan fingerprint density at radius 2 is 1.79 bits per heavy atom. The monoisotopic (exact) mass is 393 g/mol.